The minimum atomic E-state index is -0.889. The van der Waals surface area contributed by atoms with Crippen molar-refractivity contribution in [2.75, 3.05) is 0 Å². The van der Waals surface area contributed by atoms with Crippen molar-refractivity contribution in [2.45, 2.75) is 37.8 Å². The van der Waals surface area contributed by atoms with E-state index in [2.05, 4.69) is 5.32 Å². The molecule has 0 heterocycles. The Morgan fingerprint density at radius 3 is 2.50 bits per heavy atom. The summed E-state index contributed by atoms with van der Waals surface area (Å²) in [5, 5.41) is 13.3. The third kappa shape index (κ3) is 3.16. The Labute approximate surface area is 116 Å². The number of carboxylic acids is 1. The summed E-state index contributed by atoms with van der Waals surface area (Å²) in [7, 11) is 0. The van der Waals surface area contributed by atoms with E-state index in [4.69, 9.17) is 23.2 Å². The molecule has 1 aliphatic carbocycles. The highest BCUT2D eigenvalue weighted by Crippen LogP contribution is 2.27. The lowest BCUT2D eigenvalue weighted by molar-refractivity contribution is -0.139. The van der Waals surface area contributed by atoms with E-state index in [1.807, 2.05) is 0 Å². The molecule has 3 nitrogen and oxygen atoms in total. The number of aliphatic carboxylic acids is 1. The molecule has 98 valence electrons. The van der Waals surface area contributed by atoms with Gasteiger partial charge in [0.2, 0.25) is 0 Å². The van der Waals surface area contributed by atoms with Gasteiger partial charge >= 0.3 is 5.97 Å². The first-order chi connectivity index (χ1) is 8.58. The molecule has 1 aliphatic rings. The van der Waals surface area contributed by atoms with Crippen molar-refractivity contribution in [2.24, 2.45) is 0 Å². The van der Waals surface area contributed by atoms with Crippen LogP contribution in [0, 0.1) is 0 Å². The molecular formula is C13H15Cl2NO2. The molecule has 5 heteroatoms. The zero-order valence-corrected chi connectivity index (χ0v) is 11.3. The van der Waals surface area contributed by atoms with Crippen LogP contribution in [0.4, 0.5) is 0 Å². The minimum absolute atomic E-state index is 0.278. The van der Waals surface area contributed by atoms with Gasteiger partial charge in [0.25, 0.3) is 0 Å². The van der Waals surface area contributed by atoms with E-state index < -0.39 is 12.0 Å². The smallest absolute Gasteiger partial charge is 0.325 e. The maximum absolute atomic E-state index is 11.3. The molecule has 0 aromatic heterocycles. The lowest BCUT2D eigenvalue weighted by Crippen LogP contribution is -2.35. The van der Waals surface area contributed by atoms with Crippen molar-refractivity contribution in [3.8, 4) is 0 Å². The maximum atomic E-state index is 11.3. The van der Waals surface area contributed by atoms with Crippen molar-refractivity contribution >= 4 is 29.2 Å². The molecule has 1 aromatic carbocycles. The van der Waals surface area contributed by atoms with Crippen LogP contribution in [-0.4, -0.2) is 17.1 Å². The van der Waals surface area contributed by atoms with Gasteiger partial charge < -0.3 is 5.11 Å². The van der Waals surface area contributed by atoms with Crippen molar-refractivity contribution in [3.05, 3.63) is 33.8 Å². The lowest BCUT2D eigenvalue weighted by Gasteiger charge is -2.20. The molecular weight excluding hydrogens is 273 g/mol. The van der Waals surface area contributed by atoms with E-state index >= 15 is 0 Å². The van der Waals surface area contributed by atoms with Gasteiger partial charge in [-0.05, 0) is 30.5 Å². The second-order valence-electron chi connectivity index (χ2n) is 4.59. The summed E-state index contributed by atoms with van der Waals surface area (Å²) in [5.74, 6) is -0.889. The average molecular weight is 288 g/mol. The molecule has 0 amide bonds. The van der Waals surface area contributed by atoms with Crippen molar-refractivity contribution < 1.29 is 9.90 Å². The normalized spacial score (nSPS) is 17.9. The van der Waals surface area contributed by atoms with Crippen molar-refractivity contribution in [1.82, 2.24) is 5.32 Å². The number of halogens is 2. The van der Waals surface area contributed by atoms with E-state index in [1.165, 1.54) is 0 Å². The number of hydrogen-bond acceptors (Lipinski definition) is 2. The van der Waals surface area contributed by atoms with Gasteiger partial charge in [0, 0.05) is 6.04 Å². The Morgan fingerprint density at radius 2 is 1.94 bits per heavy atom. The molecule has 1 unspecified atom stereocenters. The van der Waals surface area contributed by atoms with Gasteiger partial charge in [-0.15, -0.1) is 0 Å². The molecule has 2 rings (SSSR count). The van der Waals surface area contributed by atoms with Crippen LogP contribution in [0.5, 0.6) is 0 Å². The summed E-state index contributed by atoms with van der Waals surface area (Å²) in [6, 6.07) is 4.51. The molecule has 1 aromatic rings. The Hall–Kier alpha value is -0.770. The Morgan fingerprint density at radius 1 is 1.28 bits per heavy atom. The highest BCUT2D eigenvalue weighted by Gasteiger charge is 2.25. The van der Waals surface area contributed by atoms with Crippen LogP contribution in [0.3, 0.4) is 0 Å². The minimum Gasteiger partial charge on any atom is -0.480 e. The summed E-state index contributed by atoms with van der Waals surface area (Å²) >= 11 is 11.8. The Balaban J connectivity index is 2.17. The monoisotopic (exact) mass is 287 g/mol. The van der Waals surface area contributed by atoms with Crippen LogP contribution in [-0.2, 0) is 4.79 Å². The van der Waals surface area contributed by atoms with Gasteiger partial charge in [-0.25, -0.2) is 0 Å². The molecule has 2 N–H and O–H groups in total. The van der Waals surface area contributed by atoms with Gasteiger partial charge in [0.05, 0.1) is 10.0 Å². The van der Waals surface area contributed by atoms with E-state index in [0.717, 1.165) is 25.7 Å². The molecule has 18 heavy (non-hydrogen) atoms. The van der Waals surface area contributed by atoms with Gasteiger partial charge in [-0.3, -0.25) is 10.1 Å². The first kappa shape index (κ1) is 13.7. The summed E-state index contributed by atoms with van der Waals surface area (Å²) in [5.41, 5.74) is 0.642. The zero-order chi connectivity index (χ0) is 13.1. The molecule has 1 fully saturated rings. The van der Waals surface area contributed by atoms with E-state index in [9.17, 15) is 9.90 Å². The summed E-state index contributed by atoms with van der Waals surface area (Å²) in [4.78, 5) is 11.3. The quantitative estimate of drug-likeness (QED) is 0.889. The van der Waals surface area contributed by atoms with Crippen LogP contribution < -0.4 is 5.32 Å². The van der Waals surface area contributed by atoms with Crippen LogP contribution in [0.1, 0.15) is 37.3 Å². The maximum Gasteiger partial charge on any atom is 0.325 e. The molecule has 1 atom stereocenters. The number of rotatable bonds is 4. The first-order valence-corrected chi connectivity index (χ1v) is 6.77. The highest BCUT2D eigenvalue weighted by molar-refractivity contribution is 6.42. The predicted molar refractivity (Wildman–Crippen MR) is 72.2 cm³/mol. The van der Waals surface area contributed by atoms with Crippen molar-refractivity contribution in [3.63, 3.8) is 0 Å². The number of benzene rings is 1. The SMILES string of the molecule is O=C(O)C(NC1CCCC1)c1ccc(Cl)c(Cl)c1. The van der Waals surface area contributed by atoms with Gasteiger partial charge in [-0.1, -0.05) is 42.1 Å². The topological polar surface area (TPSA) is 49.3 Å². The average Bonchev–Trinajstić information content (AvgIpc) is 2.82. The third-order valence-corrected chi connectivity index (χ3v) is 4.02. The molecule has 0 saturated heterocycles. The second kappa shape index (κ2) is 5.91. The summed E-state index contributed by atoms with van der Waals surface area (Å²) < 4.78 is 0. The molecule has 0 bridgehead atoms. The van der Waals surface area contributed by atoms with Gasteiger partial charge in [0.15, 0.2) is 0 Å². The van der Waals surface area contributed by atoms with Gasteiger partial charge in [0.1, 0.15) is 6.04 Å². The van der Waals surface area contributed by atoms with Crippen LogP contribution in [0.2, 0.25) is 10.0 Å². The number of carbonyl (C=O) groups is 1. The first-order valence-electron chi connectivity index (χ1n) is 6.01. The van der Waals surface area contributed by atoms with Crippen molar-refractivity contribution in [1.29, 1.82) is 0 Å². The van der Waals surface area contributed by atoms with E-state index in [1.54, 1.807) is 18.2 Å². The fraction of sp³-hybridized carbons (Fsp3) is 0.462. The highest BCUT2D eigenvalue weighted by atomic mass is 35.5. The fourth-order valence-electron chi connectivity index (χ4n) is 2.33. The molecule has 0 aliphatic heterocycles. The summed E-state index contributed by atoms with van der Waals surface area (Å²) in [6.07, 6.45) is 4.38. The third-order valence-electron chi connectivity index (χ3n) is 3.28. The number of nitrogens with one attached hydrogen (secondary N) is 1. The Kier molecular flexibility index (Phi) is 4.49. The standard InChI is InChI=1S/C13H15Cl2NO2/c14-10-6-5-8(7-11(10)15)12(13(17)18)16-9-3-1-2-4-9/h5-7,9,12,16H,1-4H2,(H,17,18). The van der Waals surface area contributed by atoms with Gasteiger partial charge in [-0.2, -0.15) is 0 Å². The predicted octanol–water partition coefficient (Wildman–Crippen LogP) is 3.65. The largest absolute Gasteiger partial charge is 0.480 e. The Bertz CT molecular complexity index is 445. The molecule has 1 saturated carbocycles. The van der Waals surface area contributed by atoms with E-state index in [0.29, 0.717) is 15.6 Å². The molecule has 0 radical (unpaired) electrons. The lowest BCUT2D eigenvalue weighted by atomic mass is 10.1. The summed E-state index contributed by atoms with van der Waals surface area (Å²) in [6.45, 7) is 0. The van der Waals surface area contributed by atoms with E-state index in [-0.39, 0.29) is 6.04 Å². The van der Waals surface area contributed by atoms with Crippen LogP contribution in [0.15, 0.2) is 18.2 Å². The second-order valence-corrected chi connectivity index (χ2v) is 5.41. The zero-order valence-electron chi connectivity index (χ0n) is 9.83. The van der Waals surface area contributed by atoms with Crippen LogP contribution in [0.25, 0.3) is 0 Å². The van der Waals surface area contributed by atoms with Crippen LogP contribution >= 0.6 is 23.2 Å². The fourth-order valence-corrected chi connectivity index (χ4v) is 2.64. The number of hydrogen-bond donors (Lipinski definition) is 2. The molecule has 0 spiro atoms. The number of carboxylic acid groups (broad SMARTS) is 1.